The van der Waals surface area contributed by atoms with Gasteiger partial charge < -0.3 is 20.3 Å². The molecule has 1 fully saturated rings. The van der Waals surface area contributed by atoms with Gasteiger partial charge in [-0.3, -0.25) is 9.67 Å². The number of aryl methyl sites for hydroxylation is 1. The highest BCUT2D eigenvalue weighted by molar-refractivity contribution is 5.80. The Labute approximate surface area is 151 Å². The van der Waals surface area contributed by atoms with Crippen LogP contribution in [-0.4, -0.2) is 73.1 Å². The van der Waals surface area contributed by atoms with Crippen LogP contribution in [0.5, 0.6) is 0 Å². The van der Waals surface area contributed by atoms with E-state index in [9.17, 15) is 0 Å². The molecule has 142 valence electrons. The van der Waals surface area contributed by atoms with Crippen molar-refractivity contribution in [2.24, 2.45) is 4.99 Å². The minimum atomic E-state index is 0.503. The Morgan fingerprint density at radius 2 is 2.16 bits per heavy atom. The fourth-order valence-corrected chi connectivity index (χ4v) is 3.10. The third-order valence-corrected chi connectivity index (χ3v) is 4.46. The van der Waals surface area contributed by atoms with E-state index in [2.05, 4.69) is 40.7 Å². The van der Waals surface area contributed by atoms with Crippen LogP contribution >= 0.6 is 0 Å². The van der Waals surface area contributed by atoms with Crippen LogP contribution in [0.2, 0.25) is 0 Å². The monoisotopic (exact) mass is 350 g/mol. The first-order chi connectivity index (χ1) is 12.2. The third kappa shape index (κ3) is 7.44. The van der Waals surface area contributed by atoms with Crippen LogP contribution in [0.15, 0.2) is 17.4 Å². The molecule has 0 unspecified atom stereocenters. The average molecular weight is 351 g/mol. The summed E-state index contributed by atoms with van der Waals surface area (Å²) < 4.78 is 7.08. The molecule has 1 aliphatic heterocycles. The Bertz CT molecular complexity index is 507. The number of nitrogens with zero attached hydrogens (tertiary/aromatic N) is 4. The van der Waals surface area contributed by atoms with E-state index in [0.717, 1.165) is 71.1 Å². The van der Waals surface area contributed by atoms with Crippen LogP contribution in [0.1, 0.15) is 31.7 Å². The second kappa shape index (κ2) is 11.1. The number of piperidine rings is 1. The van der Waals surface area contributed by atoms with Gasteiger partial charge in [0.2, 0.25) is 0 Å². The average Bonchev–Trinajstić information content (AvgIpc) is 3.02. The Kier molecular flexibility index (Phi) is 8.76. The van der Waals surface area contributed by atoms with Crippen molar-refractivity contribution in [1.82, 2.24) is 25.3 Å². The molecule has 7 nitrogen and oxygen atoms in total. The first-order valence-electron chi connectivity index (χ1n) is 9.46. The molecule has 1 saturated heterocycles. The number of hydrogen-bond acceptors (Lipinski definition) is 4. The van der Waals surface area contributed by atoms with Crippen molar-refractivity contribution in [3.8, 4) is 0 Å². The van der Waals surface area contributed by atoms with E-state index in [1.165, 1.54) is 5.56 Å². The Balaban J connectivity index is 1.72. The van der Waals surface area contributed by atoms with E-state index in [-0.39, 0.29) is 0 Å². The van der Waals surface area contributed by atoms with Gasteiger partial charge in [-0.25, -0.2) is 0 Å². The van der Waals surface area contributed by atoms with Crippen molar-refractivity contribution in [3.63, 3.8) is 0 Å². The van der Waals surface area contributed by atoms with Gasteiger partial charge in [0.15, 0.2) is 5.96 Å². The zero-order valence-corrected chi connectivity index (χ0v) is 16.0. The van der Waals surface area contributed by atoms with Crippen molar-refractivity contribution < 1.29 is 4.74 Å². The first kappa shape index (κ1) is 19.7. The fourth-order valence-electron chi connectivity index (χ4n) is 3.10. The van der Waals surface area contributed by atoms with Crippen LogP contribution in [0.3, 0.4) is 0 Å². The number of methoxy groups -OCH3 is 1. The van der Waals surface area contributed by atoms with Crippen molar-refractivity contribution >= 4 is 5.96 Å². The van der Waals surface area contributed by atoms with Gasteiger partial charge in [-0.2, -0.15) is 5.10 Å². The number of guanidine groups is 1. The molecule has 2 N–H and O–H groups in total. The fraction of sp³-hybridized carbons (Fsp3) is 0.778. The van der Waals surface area contributed by atoms with Crippen molar-refractivity contribution in [3.05, 3.63) is 18.0 Å². The summed E-state index contributed by atoms with van der Waals surface area (Å²) in [6, 6.07) is 0.503. The number of hydrogen-bond donors (Lipinski definition) is 2. The molecule has 25 heavy (non-hydrogen) atoms. The number of rotatable bonds is 9. The highest BCUT2D eigenvalue weighted by Gasteiger charge is 2.19. The molecule has 1 aromatic heterocycles. The van der Waals surface area contributed by atoms with Gasteiger partial charge in [0, 0.05) is 52.1 Å². The molecule has 0 spiro atoms. The number of nitrogens with one attached hydrogen (secondary N) is 2. The predicted molar refractivity (Wildman–Crippen MR) is 102 cm³/mol. The van der Waals surface area contributed by atoms with E-state index in [0.29, 0.717) is 6.04 Å². The third-order valence-electron chi connectivity index (χ3n) is 4.46. The van der Waals surface area contributed by atoms with Gasteiger partial charge in [0.05, 0.1) is 19.3 Å². The SMILES string of the molecule is CCNC(=NCCn1cc(C)cn1)NC1CCN(CCCOC)CC1. The lowest BCUT2D eigenvalue weighted by Gasteiger charge is -2.33. The first-order valence-corrected chi connectivity index (χ1v) is 9.46. The summed E-state index contributed by atoms with van der Waals surface area (Å²) in [4.78, 5) is 7.22. The molecule has 1 aromatic rings. The van der Waals surface area contributed by atoms with E-state index >= 15 is 0 Å². The maximum absolute atomic E-state index is 5.14. The predicted octanol–water partition coefficient (Wildman–Crippen LogP) is 1.25. The molecule has 1 aliphatic rings. The second-order valence-corrected chi connectivity index (χ2v) is 6.65. The summed E-state index contributed by atoms with van der Waals surface area (Å²) in [6.07, 6.45) is 7.37. The van der Waals surface area contributed by atoms with Crippen LogP contribution in [0.4, 0.5) is 0 Å². The lowest BCUT2D eigenvalue weighted by atomic mass is 10.1. The largest absolute Gasteiger partial charge is 0.385 e. The maximum Gasteiger partial charge on any atom is 0.191 e. The van der Waals surface area contributed by atoms with Crippen LogP contribution in [0.25, 0.3) is 0 Å². The number of aromatic nitrogens is 2. The summed E-state index contributed by atoms with van der Waals surface area (Å²) in [5.41, 5.74) is 1.19. The molecular formula is C18H34N6O. The van der Waals surface area contributed by atoms with E-state index in [1.54, 1.807) is 7.11 Å². The second-order valence-electron chi connectivity index (χ2n) is 6.65. The summed E-state index contributed by atoms with van der Waals surface area (Å²) >= 11 is 0. The molecule has 0 amide bonds. The van der Waals surface area contributed by atoms with Crippen LogP contribution in [-0.2, 0) is 11.3 Å². The summed E-state index contributed by atoms with van der Waals surface area (Å²) in [5, 5.41) is 11.3. The highest BCUT2D eigenvalue weighted by Crippen LogP contribution is 2.10. The molecule has 7 heteroatoms. The lowest BCUT2D eigenvalue weighted by Crippen LogP contribution is -2.49. The minimum absolute atomic E-state index is 0.503. The molecular weight excluding hydrogens is 316 g/mol. The van der Waals surface area contributed by atoms with E-state index in [1.807, 2.05) is 10.9 Å². The highest BCUT2D eigenvalue weighted by atomic mass is 16.5. The summed E-state index contributed by atoms with van der Waals surface area (Å²) in [6.45, 7) is 10.9. The van der Waals surface area contributed by atoms with Crippen LogP contribution < -0.4 is 10.6 Å². The van der Waals surface area contributed by atoms with Crippen molar-refractivity contribution in [1.29, 1.82) is 0 Å². The van der Waals surface area contributed by atoms with Gasteiger partial charge in [-0.1, -0.05) is 0 Å². The number of likely N-dealkylation sites (tertiary alicyclic amines) is 1. The normalized spacial score (nSPS) is 17.0. The van der Waals surface area contributed by atoms with Crippen molar-refractivity contribution in [2.45, 2.75) is 45.7 Å². The molecule has 0 aromatic carbocycles. The zero-order valence-electron chi connectivity index (χ0n) is 16.0. The molecule has 0 atom stereocenters. The van der Waals surface area contributed by atoms with Crippen LogP contribution in [0, 0.1) is 6.92 Å². The quantitative estimate of drug-likeness (QED) is 0.399. The number of ether oxygens (including phenoxy) is 1. The topological polar surface area (TPSA) is 66.7 Å². The van der Waals surface area contributed by atoms with Gasteiger partial charge >= 0.3 is 0 Å². The van der Waals surface area contributed by atoms with Gasteiger partial charge in [0.1, 0.15) is 0 Å². The van der Waals surface area contributed by atoms with Gasteiger partial charge in [0.25, 0.3) is 0 Å². The summed E-state index contributed by atoms with van der Waals surface area (Å²) in [5.74, 6) is 0.921. The van der Waals surface area contributed by atoms with E-state index in [4.69, 9.17) is 9.73 Å². The summed E-state index contributed by atoms with van der Waals surface area (Å²) in [7, 11) is 1.77. The van der Waals surface area contributed by atoms with Gasteiger partial charge in [-0.05, 0) is 38.7 Å². The molecule has 2 rings (SSSR count). The molecule has 0 aliphatic carbocycles. The Morgan fingerprint density at radius 3 is 2.80 bits per heavy atom. The molecule has 0 radical (unpaired) electrons. The Hall–Kier alpha value is -1.60. The molecule has 0 saturated carbocycles. The minimum Gasteiger partial charge on any atom is -0.385 e. The molecule has 0 bridgehead atoms. The van der Waals surface area contributed by atoms with Crippen molar-refractivity contribution in [2.75, 3.05) is 46.4 Å². The smallest absolute Gasteiger partial charge is 0.191 e. The number of aliphatic imine (C=N–C) groups is 1. The standard InChI is InChI=1S/C18H34N6O/c1-4-19-18(20-8-12-24-15-16(2)14-21-24)22-17-6-10-23(11-7-17)9-5-13-25-3/h14-15,17H,4-13H2,1-3H3,(H2,19,20,22). The molecule has 2 heterocycles. The zero-order chi connectivity index (χ0) is 17.9. The lowest BCUT2D eigenvalue weighted by molar-refractivity contribution is 0.155. The maximum atomic E-state index is 5.14. The Morgan fingerprint density at radius 1 is 1.36 bits per heavy atom. The van der Waals surface area contributed by atoms with E-state index < -0.39 is 0 Å². The van der Waals surface area contributed by atoms with Gasteiger partial charge in [-0.15, -0.1) is 0 Å².